The number of rotatable bonds is 1. The molecule has 0 N–H and O–H groups in total. The van der Waals surface area contributed by atoms with Crippen LogP contribution in [0.25, 0.3) is 0 Å². The summed E-state index contributed by atoms with van der Waals surface area (Å²) in [6.07, 6.45) is -0.586. The van der Waals surface area contributed by atoms with Crippen LogP contribution in [0.4, 0.5) is 4.39 Å². The third-order valence-electron chi connectivity index (χ3n) is 1.72. The Hall–Kier alpha value is -0.930. The summed E-state index contributed by atoms with van der Waals surface area (Å²) in [4.78, 5) is 22.7. The third kappa shape index (κ3) is 1.76. The fourth-order valence-electron chi connectivity index (χ4n) is 1.12. The molecule has 62 valence electrons. The SMILES string of the molecule is CC(=O)C(=O)N1CCC(F)C1. The second-order valence-corrected chi connectivity index (χ2v) is 2.69. The molecule has 0 aliphatic carbocycles. The molecule has 1 unspecified atom stereocenters. The molecular formula is C7H10FNO2. The van der Waals surface area contributed by atoms with E-state index < -0.39 is 17.9 Å². The number of halogens is 1. The van der Waals surface area contributed by atoms with E-state index >= 15 is 0 Å². The summed E-state index contributed by atoms with van der Waals surface area (Å²) in [5.74, 6) is -1.08. The molecular weight excluding hydrogens is 149 g/mol. The van der Waals surface area contributed by atoms with Crippen molar-refractivity contribution in [2.45, 2.75) is 19.5 Å². The van der Waals surface area contributed by atoms with Gasteiger partial charge < -0.3 is 4.90 Å². The first-order valence-corrected chi connectivity index (χ1v) is 3.55. The topological polar surface area (TPSA) is 37.4 Å². The third-order valence-corrected chi connectivity index (χ3v) is 1.72. The van der Waals surface area contributed by atoms with E-state index in [1.54, 1.807) is 0 Å². The van der Waals surface area contributed by atoms with Crippen LogP contribution in [0.1, 0.15) is 13.3 Å². The van der Waals surface area contributed by atoms with Gasteiger partial charge >= 0.3 is 0 Å². The number of carbonyl (C=O) groups is 2. The van der Waals surface area contributed by atoms with E-state index in [-0.39, 0.29) is 6.54 Å². The zero-order valence-electron chi connectivity index (χ0n) is 6.34. The van der Waals surface area contributed by atoms with Crippen LogP contribution in [0, 0.1) is 0 Å². The van der Waals surface area contributed by atoms with Gasteiger partial charge in [-0.25, -0.2) is 4.39 Å². The first kappa shape index (κ1) is 8.17. The highest BCUT2D eigenvalue weighted by atomic mass is 19.1. The average molecular weight is 159 g/mol. The minimum Gasteiger partial charge on any atom is -0.333 e. The van der Waals surface area contributed by atoms with Gasteiger partial charge in [-0.3, -0.25) is 9.59 Å². The maximum Gasteiger partial charge on any atom is 0.289 e. The van der Waals surface area contributed by atoms with E-state index in [0.29, 0.717) is 13.0 Å². The summed E-state index contributed by atoms with van der Waals surface area (Å²) in [7, 11) is 0. The van der Waals surface area contributed by atoms with Gasteiger partial charge in [0.25, 0.3) is 5.91 Å². The zero-order chi connectivity index (χ0) is 8.43. The lowest BCUT2D eigenvalue weighted by molar-refractivity contribution is -0.142. The van der Waals surface area contributed by atoms with Crippen LogP contribution < -0.4 is 0 Å². The van der Waals surface area contributed by atoms with Crippen molar-refractivity contribution in [3.05, 3.63) is 0 Å². The molecule has 1 amide bonds. The normalized spacial score (nSPS) is 23.8. The molecule has 1 saturated heterocycles. The summed E-state index contributed by atoms with van der Waals surface area (Å²) in [5.41, 5.74) is 0. The lowest BCUT2D eigenvalue weighted by Gasteiger charge is -2.11. The van der Waals surface area contributed by atoms with Gasteiger partial charge in [-0.15, -0.1) is 0 Å². The van der Waals surface area contributed by atoms with Crippen molar-refractivity contribution in [3.8, 4) is 0 Å². The lowest BCUT2D eigenvalue weighted by Crippen LogP contribution is -2.33. The quantitative estimate of drug-likeness (QED) is 0.510. The van der Waals surface area contributed by atoms with E-state index in [1.165, 1.54) is 11.8 Å². The number of ketones is 1. The molecule has 0 aromatic heterocycles. The first-order chi connectivity index (χ1) is 5.11. The molecule has 0 aromatic rings. The predicted molar refractivity (Wildman–Crippen MR) is 36.8 cm³/mol. The van der Waals surface area contributed by atoms with Gasteiger partial charge in [0.15, 0.2) is 0 Å². The number of Topliss-reactive ketones (excluding diaryl/α,β-unsaturated/α-hetero) is 1. The van der Waals surface area contributed by atoms with Crippen LogP contribution in [0.15, 0.2) is 0 Å². The van der Waals surface area contributed by atoms with Crippen LogP contribution in [-0.2, 0) is 9.59 Å². The van der Waals surface area contributed by atoms with Gasteiger partial charge in [0, 0.05) is 13.5 Å². The van der Waals surface area contributed by atoms with Crippen molar-refractivity contribution in [3.63, 3.8) is 0 Å². The van der Waals surface area contributed by atoms with Gasteiger partial charge in [0.05, 0.1) is 6.54 Å². The Labute approximate surface area is 64.2 Å². The molecule has 0 bridgehead atoms. The number of likely N-dealkylation sites (tertiary alicyclic amines) is 1. The molecule has 0 radical (unpaired) electrons. The molecule has 3 nitrogen and oxygen atoms in total. The fraction of sp³-hybridized carbons (Fsp3) is 0.714. The van der Waals surface area contributed by atoms with E-state index in [9.17, 15) is 14.0 Å². The highest BCUT2D eigenvalue weighted by molar-refractivity contribution is 6.35. The van der Waals surface area contributed by atoms with Crippen LogP contribution in [0.2, 0.25) is 0 Å². The summed E-state index contributed by atoms with van der Waals surface area (Å²) in [6, 6.07) is 0. The van der Waals surface area contributed by atoms with E-state index in [0.717, 1.165) is 0 Å². The zero-order valence-corrected chi connectivity index (χ0v) is 6.34. The number of nitrogens with zero attached hydrogens (tertiary/aromatic N) is 1. The van der Waals surface area contributed by atoms with Gasteiger partial charge in [-0.1, -0.05) is 0 Å². The summed E-state index contributed by atoms with van der Waals surface area (Å²) in [5, 5.41) is 0. The molecule has 1 atom stereocenters. The second-order valence-electron chi connectivity index (χ2n) is 2.69. The Bertz CT molecular complexity index is 193. The number of carbonyl (C=O) groups excluding carboxylic acids is 2. The van der Waals surface area contributed by atoms with Crippen LogP contribution in [-0.4, -0.2) is 35.9 Å². The monoisotopic (exact) mass is 159 g/mol. The standard InChI is InChI=1S/C7H10FNO2/c1-5(10)7(11)9-3-2-6(8)4-9/h6H,2-4H2,1H3. The number of alkyl halides is 1. The Balaban J connectivity index is 2.50. The van der Waals surface area contributed by atoms with Crippen molar-refractivity contribution >= 4 is 11.7 Å². The number of amides is 1. The Kier molecular flexibility index (Phi) is 2.22. The number of hydrogen-bond acceptors (Lipinski definition) is 2. The Morgan fingerprint density at radius 2 is 2.18 bits per heavy atom. The lowest BCUT2D eigenvalue weighted by atomic mass is 10.3. The highest BCUT2D eigenvalue weighted by Gasteiger charge is 2.27. The number of hydrogen-bond donors (Lipinski definition) is 0. The van der Waals surface area contributed by atoms with Gasteiger partial charge in [0.2, 0.25) is 5.78 Å². The van der Waals surface area contributed by atoms with Crippen molar-refractivity contribution < 1.29 is 14.0 Å². The molecule has 0 saturated carbocycles. The first-order valence-electron chi connectivity index (χ1n) is 3.55. The second kappa shape index (κ2) is 2.98. The maximum absolute atomic E-state index is 12.5. The minimum absolute atomic E-state index is 0.0818. The van der Waals surface area contributed by atoms with E-state index in [4.69, 9.17) is 0 Å². The molecule has 1 aliphatic heterocycles. The van der Waals surface area contributed by atoms with E-state index in [2.05, 4.69) is 0 Å². The van der Waals surface area contributed by atoms with Crippen LogP contribution in [0.5, 0.6) is 0 Å². The van der Waals surface area contributed by atoms with Crippen LogP contribution >= 0.6 is 0 Å². The predicted octanol–water partition coefficient (Wildman–Crippen LogP) is 0.146. The average Bonchev–Trinajstić information content (AvgIpc) is 2.34. The maximum atomic E-state index is 12.5. The molecule has 11 heavy (non-hydrogen) atoms. The van der Waals surface area contributed by atoms with Crippen LogP contribution in [0.3, 0.4) is 0 Å². The largest absolute Gasteiger partial charge is 0.333 e. The van der Waals surface area contributed by atoms with Crippen molar-refractivity contribution in [2.75, 3.05) is 13.1 Å². The summed E-state index contributed by atoms with van der Waals surface area (Å²) in [6.45, 7) is 1.66. The van der Waals surface area contributed by atoms with Gasteiger partial charge in [0.1, 0.15) is 6.17 Å². The smallest absolute Gasteiger partial charge is 0.289 e. The fourth-order valence-corrected chi connectivity index (χ4v) is 1.12. The summed E-state index contributed by atoms with van der Waals surface area (Å²) >= 11 is 0. The van der Waals surface area contributed by atoms with Crippen molar-refractivity contribution in [1.82, 2.24) is 4.90 Å². The highest BCUT2D eigenvalue weighted by Crippen LogP contribution is 2.11. The molecule has 4 heteroatoms. The minimum atomic E-state index is -0.946. The molecule has 1 fully saturated rings. The van der Waals surface area contributed by atoms with Gasteiger partial charge in [-0.05, 0) is 6.42 Å². The van der Waals surface area contributed by atoms with Crippen molar-refractivity contribution in [1.29, 1.82) is 0 Å². The molecule has 1 aliphatic rings. The Morgan fingerprint density at radius 1 is 1.55 bits per heavy atom. The molecule has 1 heterocycles. The van der Waals surface area contributed by atoms with E-state index in [1.807, 2.05) is 0 Å². The summed E-state index contributed by atoms with van der Waals surface area (Å²) < 4.78 is 12.5. The molecule has 1 rings (SSSR count). The Morgan fingerprint density at radius 3 is 2.55 bits per heavy atom. The van der Waals surface area contributed by atoms with Gasteiger partial charge in [-0.2, -0.15) is 0 Å². The van der Waals surface area contributed by atoms with Crippen molar-refractivity contribution in [2.24, 2.45) is 0 Å². The molecule has 0 spiro atoms. The molecule has 0 aromatic carbocycles.